The monoisotopic (exact) mass is 286 g/mol. The van der Waals surface area contributed by atoms with Crippen molar-refractivity contribution >= 4 is 5.69 Å². The van der Waals surface area contributed by atoms with Gasteiger partial charge in [-0.05, 0) is 24.5 Å². The number of nitrogen functional groups attached to an aromatic ring is 1. The highest BCUT2D eigenvalue weighted by molar-refractivity contribution is 5.49. The standard InChI is InChI=1S/C17H22N2O2/c1-12(2)11-20-17-15(18)9-10-16(19-17)21-13(3)14-7-5-4-6-8-14/h4-10,12-13H,11,18H2,1-3H3. The number of hydrogen-bond acceptors (Lipinski definition) is 4. The molecule has 0 saturated carbocycles. The molecule has 4 heteroatoms. The summed E-state index contributed by atoms with van der Waals surface area (Å²) in [6.45, 7) is 6.72. The molecule has 2 N–H and O–H groups in total. The molecule has 0 amide bonds. The molecule has 2 aromatic rings. The first-order valence-electron chi connectivity index (χ1n) is 7.17. The van der Waals surface area contributed by atoms with Gasteiger partial charge in [-0.1, -0.05) is 44.2 Å². The second-order valence-corrected chi connectivity index (χ2v) is 5.42. The largest absolute Gasteiger partial charge is 0.476 e. The minimum atomic E-state index is -0.0831. The zero-order chi connectivity index (χ0) is 15.2. The van der Waals surface area contributed by atoms with Crippen LogP contribution in [0.5, 0.6) is 11.8 Å². The fourth-order valence-electron chi connectivity index (χ4n) is 1.83. The number of nitrogens with two attached hydrogens (primary N) is 1. The smallest absolute Gasteiger partial charge is 0.240 e. The second kappa shape index (κ2) is 6.97. The van der Waals surface area contributed by atoms with Gasteiger partial charge in [-0.3, -0.25) is 0 Å². The Kier molecular flexibility index (Phi) is 5.04. The van der Waals surface area contributed by atoms with Gasteiger partial charge < -0.3 is 15.2 Å². The third kappa shape index (κ3) is 4.38. The first-order chi connectivity index (χ1) is 10.1. The molecule has 0 aliphatic carbocycles. The lowest BCUT2D eigenvalue weighted by Crippen LogP contribution is -2.09. The van der Waals surface area contributed by atoms with Gasteiger partial charge in [-0.15, -0.1) is 0 Å². The van der Waals surface area contributed by atoms with E-state index in [1.165, 1.54) is 0 Å². The summed E-state index contributed by atoms with van der Waals surface area (Å²) in [5.41, 5.74) is 7.50. The highest BCUT2D eigenvalue weighted by Crippen LogP contribution is 2.26. The highest BCUT2D eigenvalue weighted by Gasteiger charge is 2.10. The van der Waals surface area contributed by atoms with Crippen LogP contribution in [0.4, 0.5) is 5.69 Å². The van der Waals surface area contributed by atoms with Crippen LogP contribution in [0, 0.1) is 5.92 Å². The minimum absolute atomic E-state index is 0.0831. The van der Waals surface area contributed by atoms with Gasteiger partial charge in [0.2, 0.25) is 11.8 Å². The van der Waals surface area contributed by atoms with Gasteiger partial charge in [0.1, 0.15) is 6.10 Å². The SMILES string of the molecule is CC(C)COc1nc(OC(C)c2ccccc2)ccc1N. The van der Waals surface area contributed by atoms with Crippen LogP contribution in [-0.2, 0) is 0 Å². The van der Waals surface area contributed by atoms with E-state index in [1.807, 2.05) is 37.3 Å². The summed E-state index contributed by atoms with van der Waals surface area (Å²) >= 11 is 0. The highest BCUT2D eigenvalue weighted by atomic mass is 16.5. The Bertz CT molecular complexity index is 570. The van der Waals surface area contributed by atoms with Gasteiger partial charge in [-0.2, -0.15) is 4.98 Å². The Hall–Kier alpha value is -2.23. The lowest BCUT2D eigenvalue weighted by atomic mass is 10.1. The summed E-state index contributed by atoms with van der Waals surface area (Å²) in [5.74, 6) is 1.36. The maximum absolute atomic E-state index is 5.87. The topological polar surface area (TPSA) is 57.4 Å². The van der Waals surface area contributed by atoms with Crippen LogP contribution in [0.1, 0.15) is 32.4 Å². The van der Waals surface area contributed by atoms with Crippen molar-refractivity contribution in [2.24, 2.45) is 5.92 Å². The first kappa shape index (κ1) is 15.2. The van der Waals surface area contributed by atoms with E-state index in [9.17, 15) is 0 Å². The van der Waals surface area contributed by atoms with Gasteiger partial charge in [0, 0.05) is 6.07 Å². The van der Waals surface area contributed by atoms with Crippen molar-refractivity contribution in [2.45, 2.75) is 26.9 Å². The van der Waals surface area contributed by atoms with Crippen molar-refractivity contribution in [3.63, 3.8) is 0 Å². The molecule has 0 aliphatic heterocycles. The van der Waals surface area contributed by atoms with E-state index < -0.39 is 0 Å². The zero-order valence-electron chi connectivity index (χ0n) is 12.7. The molecular formula is C17H22N2O2. The number of nitrogens with zero attached hydrogens (tertiary/aromatic N) is 1. The number of rotatable bonds is 6. The normalized spacial score (nSPS) is 12.2. The lowest BCUT2D eigenvalue weighted by Gasteiger charge is -2.16. The molecule has 4 nitrogen and oxygen atoms in total. The number of anilines is 1. The minimum Gasteiger partial charge on any atom is -0.476 e. The predicted molar refractivity (Wildman–Crippen MR) is 84.5 cm³/mol. The Morgan fingerprint density at radius 3 is 2.43 bits per heavy atom. The van der Waals surface area contributed by atoms with Gasteiger partial charge in [0.25, 0.3) is 0 Å². The van der Waals surface area contributed by atoms with Crippen LogP contribution in [-0.4, -0.2) is 11.6 Å². The molecule has 1 atom stereocenters. The van der Waals surface area contributed by atoms with E-state index in [1.54, 1.807) is 12.1 Å². The summed E-state index contributed by atoms with van der Waals surface area (Å²) in [4.78, 5) is 4.34. The van der Waals surface area contributed by atoms with Crippen LogP contribution >= 0.6 is 0 Å². The predicted octanol–water partition coefficient (Wildman–Crippen LogP) is 3.84. The molecule has 1 aromatic carbocycles. The first-order valence-corrected chi connectivity index (χ1v) is 7.17. The zero-order valence-corrected chi connectivity index (χ0v) is 12.7. The number of ether oxygens (including phenoxy) is 2. The molecule has 0 saturated heterocycles. The molecular weight excluding hydrogens is 264 g/mol. The third-order valence-electron chi connectivity index (χ3n) is 2.98. The van der Waals surface area contributed by atoms with Crippen LogP contribution in [0.15, 0.2) is 42.5 Å². The van der Waals surface area contributed by atoms with E-state index in [0.29, 0.717) is 30.0 Å². The maximum atomic E-state index is 5.87. The Morgan fingerprint density at radius 2 is 1.76 bits per heavy atom. The van der Waals surface area contributed by atoms with E-state index in [2.05, 4.69) is 18.8 Å². The maximum Gasteiger partial charge on any atom is 0.240 e. The van der Waals surface area contributed by atoms with Crippen LogP contribution in [0.3, 0.4) is 0 Å². The number of aromatic nitrogens is 1. The van der Waals surface area contributed by atoms with Crippen molar-refractivity contribution in [3.05, 3.63) is 48.0 Å². The lowest BCUT2D eigenvalue weighted by molar-refractivity contribution is 0.209. The summed E-state index contributed by atoms with van der Waals surface area (Å²) < 4.78 is 11.5. The average molecular weight is 286 g/mol. The van der Waals surface area contributed by atoms with Crippen molar-refractivity contribution in [2.75, 3.05) is 12.3 Å². The summed E-state index contributed by atoms with van der Waals surface area (Å²) in [6.07, 6.45) is -0.0831. The summed E-state index contributed by atoms with van der Waals surface area (Å²) in [7, 11) is 0. The van der Waals surface area contributed by atoms with Crippen LogP contribution in [0.2, 0.25) is 0 Å². The molecule has 1 unspecified atom stereocenters. The fraction of sp³-hybridized carbons (Fsp3) is 0.353. The van der Waals surface area contributed by atoms with Gasteiger partial charge in [-0.25, -0.2) is 0 Å². The summed E-state index contributed by atoms with van der Waals surface area (Å²) in [6, 6.07) is 13.5. The molecule has 0 radical (unpaired) electrons. The fourth-order valence-corrected chi connectivity index (χ4v) is 1.83. The van der Waals surface area contributed by atoms with Gasteiger partial charge >= 0.3 is 0 Å². The Morgan fingerprint density at radius 1 is 1.05 bits per heavy atom. The van der Waals surface area contributed by atoms with Crippen LogP contribution < -0.4 is 15.2 Å². The molecule has 0 spiro atoms. The molecule has 1 aromatic heterocycles. The van der Waals surface area contributed by atoms with E-state index >= 15 is 0 Å². The summed E-state index contributed by atoms with van der Waals surface area (Å²) in [5, 5.41) is 0. The number of hydrogen-bond donors (Lipinski definition) is 1. The van der Waals surface area contributed by atoms with Crippen LogP contribution in [0.25, 0.3) is 0 Å². The van der Waals surface area contributed by atoms with Crippen molar-refractivity contribution < 1.29 is 9.47 Å². The molecule has 0 aliphatic rings. The average Bonchev–Trinajstić information content (AvgIpc) is 2.48. The molecule has 0 fully saturated rings. The van der Waals surface area contributed by atoms with Gasteiger partial charge in [0.15, 0.2) is 0 Å². The quantitative estimate of drug-likeness (QED) is 0.876. The number of pyridine rings is 1. The van der Waals surface area contributed by atoms with Crippen molar-refractivity contribution in [1.82, 2.24) is 4.98 Å². The molecule has 1 heterocycles. The van der Waals surface area contributed by atoms with Crippen molar-refractivity contribution in [1.29, 1.82) is 0 Å². The Balaban J connectivity index is 2.08. The van der Waals surface area contributed by atoms with E-state index in [-0.39, 0.29) is 6.10 Å². The Labute approximate surface area is 125 Å². The second-order valence-electron chi connectivity index (χ2n) is 5.42. The molecule has 21 heavy (non-hydrogen) atoms. The van der Waals surface area contributed by atoms with Gasteiger partial charge in [0.05, 0.1) is 12.3 Å². The number of benzene rings is 1. The third-order valence-corrected chi connectivity index (χ3v) is 2.98. The molecule has 112 valence electrons. The van der Waals surface area contributed by atoms with E-state index in [4.69, 9.17) is 15.2 Å². The molecule has 2 rings (SSSR count). The van der Waals surface area contributed by atoms with E-state index in [0.717, 1.165) is 5.56 Å². The molecule has 0 bridgehead atoms. The van der Waals surface area contributed by atoms with Crippen molar-refractivity contribution in [3.8, 4) is 11.8 Å².